The Bertz CT molecular complexity index is 517. The third kappa shape index (κ3) is 3.21. The molecule has 1 aromatic carbocycles. The van der Waals surface area contributed by atoms with Crippen molar-refractivity contribution in [1.29, 1.82) is 0 Å². The summed E-state index contributed by atoms with van der Waals surface area (Å²) < 4.78 is 0. The molecule has 0 radical (unpaired) electrons. The van der Waals surface area contributed by atoms with Gasteiger partial charge in [-0.25, -0.2) is 0 Å². The lowest BCUT2D eigenvalue weighted by atomic mass is 9.98. The molecule has 0 bridgehead atoms. The van der Waals surface area contributed by atoms with E-state index in [1.807, 2.05) is 12.4 Å². The van der Waals surface area contributed by atoms with Gasteiger partial charge < -0.3 is 5.32 Å². The van der Waals surface area contributed by atoms with E-state index in [-0.39, 0.29) is 0 Å². The van der Waals surface area contributed by atoms with Crippen LogP contribution in [0.4, 0.5) is 0 Å². The molecule has 1 N–H and O–H groups in total. The lowest BCUT2D eigenvalue weighted by Crippen LogP contribution is -2.19. The number of rotatable bonds is 5. The maximum absolute atomic E-state index is 4.14. The second kappa shape index (κ2) is 6.48. The highest BCUT2D eigenvalue weighted by Gasteiger charge is 2.08. The fraction of sp³-hybridized carbons (Fsp3) is 0.353. The maximum atomic E-state index is 4.14. The van der Waals surface area contributed by atoms with Crippen LogP contribution in [0.15, 0.2) is 42.7 Å². The van der Waals surface area contributed by atoms with Gasteiger partial charge in [-0.2, -0.15) is 0 Å². The van der Waals surface area contributed by atoms with Crippen LogP contribution in [0.25, 0.3) is 11.1 Å². The highest BCUT2D eigenvalue weighted by molar-refractivity contribution is 5.66. The lowest BCUT2D eigenvalue weighted by Gasteiger charge is -2.16. The quantitative estimate of drug-likeness (QED) is 0.868. The van der Waals surface area contributed by atoms with Crippen molar-refractivity contribution in [3.05, 3.63) is 53.9 Å². The van der Waals surface area contributed by atoms with E-state index < -0.39 is 0 Å². The third-order valence-electron chi connectivity index (χ3n) is 3.50. The molecular weight excluding hydrogens is 232 g/mol. The number of nitrogens with zero attached hydrogens (tertiary/aromatic N) is 1. The molecule has 1 atom stereocenters. The molecule has 2 rings (SSSR count). The summed E-state index contributed by atoms with van der Waals surface area (Å²) >= 11 is 0. The molecule has 100 valence electrons. The fourth-order valence-electron chi connectivity index (χ4n) is 2.44. The average Bonchev–Trinajstić information content (AvgIpc) is 2.46. The summed E-state index contributed by atoms with van der Waals surface area (Å²) in [5.41, 5.74) is 5.10. The Balaban J connectivity index is 2.26. The molecule has 1 aromatic heterocycles. The van der Waals surface area contributed by atoms with Gasteiger partial charge in [0.15, 0.2) is 0 Å². The molecule has 0 aliphatic carbocycles. The SMILES string of the molecule is CCNC(CC)c1ccc(-c2ccncc2C)cc1. The van der Waals surface area contributed by atoms with Gasteiger partial charge in [-0.3, -0.25) is 4.98 Å². The van der Waals surface area contributed by atoms with Crippen LogP contribution in [0.3, 0.4) is 0 Å². The van der Waals surface area contributed by atoms with Gasteiger partial charge in [0.25, 0.3) is 0 Å². The van der Waals surface area contributed by atoms with E-state index in [2.05, 4.69) is 61.4 Å². The molecule has 0 aliphatic heterocycles. The lowest BCUT2D eigenvalue weighted by molar-refractivity contribution is 0.537. The average molecular weight is 254 g/mol. The molecule has 2 heteroatoms. The van der Waals surface area contributed by atoms with Gasteiger partial charge in [-0.05, 0) is 48.2 Å². The Labute approximate surface area is 115 Å². The van der Waals surface area contributed by atoms with Crippen molar-refractivity contribution in [2.24, 2.45) is 0 Å². The normalized spacial score (nSPS) is 12.4. The number of benzene rings is 1. The van der Waals surface area contributed by atoms with Gasteiger partial charge in [-0.15, -0.1) is 0 Å². The second-order valence-electron chi connectivity index (χ2n) is 4.83. The highest BCUT2D eigenvalue weighted by Crippen LogP contribution is 2.25. The number of pyridine rings is 1. The Morgan fingerprint density at radius 2 is 1.84 bits per heavy atom. The first-order valence-corrected chi connectivity index (χ1v) is 7.00. The second-order valence-corrected chi connectivity index (χ2v) is 4.83. The van der Waals surface area contributed by atoms with Crippen LogP contribution >= 0.6 is 0 Å². The standard InChI is InChI=1S/C17H22N2/c1-4-17(19-5-2)15-8-6-14(7-9-15)16-10-11-18-12-13(16)3/h6-12,17,19H,4-5H2,1-3H3. The zero-order valence-corrected chi connectivity index (χ0v) is 12.0. The van der Waals surface area contributed by atoms with E-state index in [1.54, 1.807) is 0 Å². The van der Waals surface area contributed by atoms with Crippen molar-refractivity contribution in [2.75, 3.05) is 6.54 Å². The first-order valence-electron chi connectivity index (χ1n) is 7.00. The van der Waals surface area contributed by atoms with E-state index in [9.17, 15) is 0 Å². The van der Waals surface area contributed by atoms with Crippen molar-refractivity contribution >= 4 is 0 Å². The van der Waals surface area contributed by atoms with Gasteiger partial charge in [-0.1, -0.05) is 38.1 Å². The Morgan fingerprint density at radius 3 is 2.42 bits per heavy atom. The zero-order valence-electron chi connectivity index (χ0n) is 12.0. The van der Waals surface area contributed by atoms with Crippen LogP contribution in [0, 0.1) is 6.92 Å². The Kier molecular flexibility index (Phi) is 4.69. The van der Waals surface area contributed by atoms with Crippen molar-refractivity contribution in [2.45, 2.75) is 33.2 Å². The van der Waals surface area contributed by atoms with Gasteiger partial charge >= 0.3 is 0 Å². The number of nitrogens with one attached hydrogen (secondary N) is 1. The van der Waals surface area contributed by atoms with Crippen LogP contribution in [-0.2, 0) is 0 Å². The minimum atomic E-state index is 0.456. The minimum Gasteiger partial charge on any atom is -0.310 e. The molecule has 0 aliphatic rings. The summed E-state index contributed by atoms with van der Waals surface area (Å²) in [5.74, 6) is 0. The van der Waals surface area contributed by atoms with Crippen molar-refractivity contribution in [3.8, 4) is 11.1 Å². The molecule has 2 aromatic rings. The molecule has 0 saturated heterocycles. The summed E-state index contributed by atoms with van der Waals surface area (Å²) in [5, 5.41) is 3.51. The first kappa shape index (κ1) is 13.8. The predicted octanol–water partition coefficient (Wildman–Crippen LogP) is 4.12. The third-order valence-corrected chi connectivity index (χ3v) is 3.50. The van der Waals surface area contributed by atoms with Crippen LogP contribution in [0.5, 0.6) is 0 Å². The van der Waals surface area contributed by atoms with Gasteiger partial charge in [0.05, 0.1) is 0 Å². The van der Waals surface area contributed by atoms with Crippen LogP contribution in [0.2, 0.25) is 0 Å². The molecule has 0 amide bonds. The first-order chi connectivity index (χ1) is 9.26. The summed E-state index contributed by atoms with van der Waals surface area (Å²) in [6.45, 7) is 7.47. The smallest absolute Gasteiger partial charge is 0.0317 e. The number of aromatic nitrogens is 1. The van der Waals surface area contributed by atoms with E-state index >= 15 is 0 Å². The maximum Gasteiger partial charge on any atom is 0.0317 e. The number of aryl methyl sites for hydroxylation is 1. The van der Waals surface area contributed by atoms with E-state index in [0.717, 1.165) is 13.0 Å². The van der Waals surface area contributed by atoms with Gasteiger partial charge in [0.2, 0.25) is 0 Å². The summed E-state index contributed by atoms with van der Waals surface area (Å²) in [4.78, 5) is 4.14. The van der Waals surface area contributed by atoms with Crippen LogP contribution in [0.1, 0.15) is 37.4 Å². The van der Waals surface area contributed by atoms with Crippen LogP contribution < -0.4 is 5.32 Å². The molecular formula is C17H22N2. The molecule has 19 heavy (non-hydrogen) atoms. The monoisotopic (exact) mass is 254 g/mol. The van der Waals surface area contributed by atoms with Crippen molar-refractivity contribution in [1.82, 2.24) is 10.3 Å². The van der Waals surface area contributed by atoms with E-state index in [4.69, 9.17) is 0 Å². The predicted molar refractivity (Wildman–Crippen MR) is 81.1 cm³/mol. The molecule has 1 unspecified atom stereocenters. The van der Waals surface area contributed by atoms with Crippen molar-refractivity contribution < 1.29 is 0 Å². The number of hydrogen-bond acceptors (Lipinski definition) is 2. The van der Waals surface area contributed by atoms with E-state index in [1.165, 1.54) is 22.3 Å². The number of hydrogen-bond donors (Lipinski definition) is 1. The van der Waals surface area contributed by atoms with E-state index in [0.29, 0.717) is 6.04 Å². The molecule has 0 fully saturated rings. The molecule has 0 saturated carbocycles. The molecule has 0 spiro atoms. The summed E-state index contributed by atoms with van der Waals surface area (Å²) in [6.07, 6.45) is 4.88. The molecule has 2 nitrogen and oxygen atoms in total. The highest BCUT2D eigenvalue weighted by atomic mass is 14.9. The largest absolute Gasteiger partial charge is 0.310 e. The summed E-state index contributed by atoms with van der Waals surface area (Å²) in [7, 11) is 0. The van der Waals surface area contributed by atoms with Gasteiger partial charge in [0.1, 0.15) is 0 Å². The summed E-state index contributed by atoms with van der Waals surface area (Å²) in [6, 6.07) is 11.4. The minimum absolute atomic E-state index is 0.456. The topological polar surface area (TPSA) is 24.9 Å². The Morgan fingerprint density at radius 1 is 1.11 bits per heavy atom. The Hall–Kier alpha value is -1.67. The molecule has 1 heterocycles. The fourth-order valence-corrected chi connectivity index (χ4v) is 2.44. The zero-order chi connectivity index (χ0) is 13.7. The van der Waals surface area contributed by atoms with Crippen molar-refractivity contribution in [3.63, 3.8) is 0 Å². The van der Waals surface area contributed by atoms with Crippen LogP contribution in [-0.4, -0.2) is 11.5 Å². The van der Waals surface area contributed by atoms with Gasteiger partial charge in [0, 0.05) is 18.4 Å².